The summed E-state index contributed by atoms with van der Waals surface area (Å²) >= 11 is 0. The van der Waals surface area contributed by atoms with Crippen LogP contribution in [0, 0.1) is 6.92 Å². The number of ether oxygens (including phenoxy) is 1. The van der Waals surface area contributed by atoms with Gasteiger partial charge in [-0.2, -0.15) is 15.4 Å². The van der Waals surface area contributed by atoms with Crippen molar-refractivity contribution < 1.29 is 9.53 Å². The van der Waals surface area contributed by atoms with Crippen LogP contribution in [0.2, 0.25) is 0 Å². The zero-order valence-electron chi connectivity index (χ0n) is 11.6. The minimum absolute atomic E-state index is 0.133. The molecule has 0 unspecified atom stereocenters. The molecule has 1 heterocycles. The first kappa shape index (κ1) is 14.0. The van der Waals surface area contributed by atoms with Crippen LogP contribution in [0.5, 0.6) is 5.75 Å². The normalized spacial score (nSPS) is 10.5. The number of hydrogen-bond donors (Lipinski definition) is 2. The topological polar surface area (TPSA) is 93.9 Å². The molecule has 20 heavy (non-hydrogen) atoms. The van der Waals surface area contributed by atoms with Gasteiger partial charge in [0.1, 0.15) is 11.4 Å². The maximum atomic E-state index is 11.3. The van der Waals surface area contributed by atoms with Crippen LogP contribution in [0.3, 0.4) is 0 Å². The van der Waals surface area contributed by atoms with Crippen LogP contribution in [0.15, 0.2) is 18.2 Å². The van der Waals surface area contributed by atoms with E-state index in [0.717, 1.165) is 29.7 Å². The number of nitrogens with zero attached hydrogens (tertiary/aromatic N) is 2. The van der Waals surface area contributed by atoms with E-state index in [4.69, 9.17) is 10.5 Å². The lowest BCUT2D eigenvalue weighted by Crippen LogP contribution is -2.12. The molecule has 3 N–H and O–H groups in total. The molecule has 0 spiro atoms. The highest BCUT2D eigenvalue weighted by Gasteiger charge is 2.16. The first-order valence-electron chi connectivity index (χ1n) is 6.58. The number of aromatic nitrogens is 3. The molecule has 1 aromatic carbocycles. The van der Waals surface area contributed by atoms with Crippen molar-refractivity contribution >= 4 is 5.91 Å². The van der Waals surface area contributed by atoms with Gasteiger partial charge in [-0.15, -0.1) is 0 Å². The highest BCUT2D eigenvalue weighted by Crippen LogP contribution is 2.27. The van der Waals surface area contributed by atoms with E-state index in [1.165, 1.54) is 0 Å². The highest BCUT2D eigenvalue weighted by atomic mass is 16.5. The number of hydrogen-bond acceptors (Lipinski definition) is 4. The lowest BCUT2D eigenvalue weighted by Gasteiger charge is -2.10. The molecule has 106 valence electrons. The first-order chi connectivity index (χ1) is 9.63. The van der Waals surface area contributed by atoms with Gasteiger partial charge in [0.25, 0.3) is 5.91 Å². The Morgan fingerprint density at radius 2 is 2.20 bits per heavy atom. The quantitative estimate of drug-likeness (QED) is 0.788. The summed E-state index contributed by atoms with van der Waals surface area (Å²) in [5.41, 5.74) is 7.64. The Kier molecular flexibility index (Phi) is 4.34. The third kappa shape index (κ3) is 2.96. The van der Waals surface area contributed by atoms with E-state index in [0.29, 0.717) is 12.3 Å². The lowest BCUT2D eigenvalue weighted by atomic mass is 10.1. The van der Waals surface area contributed by atoms with Gasteiger partial charge in [0.15, 0.2) is 5.69 Å². The predicted molar refractivity (Wildman–Crippen MR) is 75.5 cm³/mol. The lowest BCUT2D eigenvalue weighted by molar-refractivity contribution is 0.0996. The molecule has 0 saturated heterocycles. The van der Waals surface area contributed by atoms with Crippen molar-refractivity contribution in [2.75, 3.05) is 6.61 Å². The number of H-pyrrole nitrogens is 1. The van der Waals surface area contributed by atoms with Gasteiger partial charge in [0.2, 0.25) is 0 Å². The second-order valence-electron chi connectivity index (χ2n) is 4.57. The number of amides is 1. The number of primary amides is 1. The first-order valence-corrected chi connectivity index (χ1v) is 6.58. The third-order valence-corrected chi connectivity index (χ3v) is 3.00. The van der Waals surface area contributed by atoms with Gasteiger partial charge in [-0.25, -0.2) is 0 Å². The van der Waals surface area contributed by atoms with Crippen molar-refractivity contribution in [2.24, 2.45) is 5.73 Å². The summed E-state index contributed by atoms with van der Waals surface area (Å²) < 4.78 is 5.74. The van der Waals surface area contributed by atoms with Gasteiger partial charge >= 0.3 is 0 Å². The van der Waals surface area contributed by atoms with E-state index >= 15 is 0 Å². The van der Waals surface area contributed by atoms with Gasteiger partial charge in [-0.1, -0.05) is 25.5 Å². The second-order valence-corrected chi connectivity index (χ2v) is 4.57. The number of nitrogens with two attached hydrogens (primary N) is 1. The molecule has 0 aliphatic carbocycles. The van der Waals surface area contributed by atoms with Crippen molar-refractivity contribution in [1.29, 1.82) is 0 Å². The van der Waals surface area contributed by atoms with Crippen LogP contribution in [-0.4, -0.2) is 27.9 Å². The SMILES string of the molecule is CCCCOc1cc(-c2n[nH]nc2C(N)=O)ccc1C. The standard InChI is InChI=1S/C14H18N4O2/c1-3-4-7-20-11-8-10(6-5-9(11)2)12-13(14(15)19)17-18-16-12/h5-6,8H,3-4,7H2,1-2H3,(H2,15,19)(H,16,17,18). The minimum atomic E-state index is -0.609. The smallest absolute Gasteiger partial charge is 0.271 e. The van der Waals surface area contributed by atoms with Crippen molar-refractivity contribution in [3.05, 3.63) is 29.5 Å². The Labute approximate surface area is 117 Å². The van der Waals surface area contributed by atoms with Gasteiger partial charge in [-0.3, -0.25) is 4.79 Å². The van der Waals surface area contributed by atoms with Crippen molar-refractivity contribution in [3.63, 3.8) is 0 Å². The van der Waals surface area contributed by atoms with Crippen molar-refractivity contribution in [3.8, 4) is 17.0 Å². The van der Waals surface area contributed by atoms with Gasteiger partial charge in [-0.05, 0) is 25.0 Å². The zero-order valence-corrected chi connectivity index (χ0v) is 11.6. The second kappa shape index (κ2) is 6.18. The molecule has 1 aromatic heterocycles. The Bertz CT molecular complexity index is 607. The van der Waals surface area contributed by atoms with Crippen LogP contribution in [0.4, 0.5) is 0 Å². The Balaban J connectivity index is 2.31. The number of unbranched alkanes of at least 4 members (excludes halogenated alkanes) is 1. The van der Waals surface area contributed by atoms with Gasteiger partial charge in [0.05, 0.1) is 6.61 Å². The number of carbonyl (C=O) groups excluding carboxylic acids is 1. The molecule has 0 saturated carbocycles. The summed E-state index contributed by atoms with van der Waals surface area (Å²) in [6.45, 7) is 4.76. The number of carbonyl (C=O) groups is 1. The summed E-state index contributed by atoms with van der Waals surface area (Å²) in [6, 6.07) is 5.65. The molecule has 0 aliphatic rings. The minimum Gasteiger partial charge on any atom is -0.493 e. The molecule has 0 radical (unpaired) electrons. The summed E-state index contributed by atoms with van der Waals surface area (Å²) in [6.07, 6.45) is 2.08. The maximum Gasteiger partial charge on any atom is 0.271 e. The number of aryl methyl sites for hydroxylation is 1. The average molecular weight is 274 g/mol. The fourth-order valence-electron chi connectivity index (χ4n) is 1.83. The number of aromatic amines is 1. The van der Waals surface area contributed by atoms with Crippen LogP contribution < -0.4 is 10.5 Å². The van der Waals surface area contributed by atoms with E-state index in [9.17, 15) is 4.79 Å². The average Bonchev–Trinajstić information content (AvgIpc) is 2.90. The number of benzene rings is 1. The molecular formula is C14H18N4O2. The Morgan fingerprint density at radius 3 is 2.90 bits per heavy atom. The monoisotopic (exact) mass is 274 g/mol. The third-order valence-electron chi connectivity index (χ3n) is 3.00. The van der Waals surface area contributed by atoms with Crippen molar-refractivity contribution in [2.45, 2.75) is 26.7 Å². The molecule has 6 nitrogen and oxygen atoms in total. The van der Waals surface area contributed by atoms with Crippen LogP contribution in [0.25, 0.3) is 11.3 Å². The Morgan fingerprint density at radius 1 is 1.40 bits per heavy atom. The number of rotatable bonds is 6. The maximum absolute atomic E-state index is 11.3. The molecule has 6 heteroatoms. The van der Waals surface area contributed by atoms with Crippen LogP contribution in [0.1, 0.15) is 35.8 Å². The van der Waals surface area contributed by atoms with Crippen LogP contribution >= 0.6 is 0 Å². The highest BCUT2D eigenvalue weighted by molar-refractivity contribution is 5.96. The molecule has 0 fully saturated rings. The van der Waals surface area contributed by atoms with Crippen LogP contribution in [-0.2, 0) is 0 Å². The molecule has 0 bridgehead atoms. The molecule has 1 amide bonds. The van der Waals surface area contributed by atoms with E-state index in [1.807, 2.05) is 25.1 Å². The van der Waals surface area contributed by atoms with E-state index in [1.54, 1.807) is 0 Å². The molecule has 2 aromatic rings. The summed E-state index contributed by atoms with van der Waals surface area (Å²) in [4.78, 5) is 11.3. The number of nitrogens with one attached hydrogen (secondary N) is 1. The van der Waals surface area contributed by atoms with Crippen molar-refractivity contribution in [1.82, 2.24) is 15.4 Å². The zero-order chi connectivity index (χ0) is 14.5. The molecular weight excluding hydrogens is 256 g/mol. The molecule has 2 rings (SSSR count). The molecule has 0 atom stereocenters. The largest absolute Gasteiger partial charge is 0.493 e. The fraction of sp³-hybridized carbons (Fsp3) is 0.357. The van der Waals surface area contributed by atoms with Gasteiger partial charge in [0, 0.05) is 5.56 Å². The summed E-state index contributed by atoms with van der Waals surface area (Å²) in [7, 11) is 0. The van der Waals surface area contributed by atoms with Gasteiger partial charge < -0.3 is 10.5 Å². The van der Waals surface area contributed by atoms with E-state index in [-0.39, 0.29) is 5.69 Å². The summed E-state index contributed by atoms with van der Waals surface area (Å²) in [5.74, 6) is 0.178. The van der Waals surface area contributed by atoms with E-state index in [2.05, 4.69) is 22.3 Å². The predicted octanol–water partition coefficient (Wildman–Crippen LogP) is 2.06. The molecule has 0 aliphatic heterocycles. The summed E-state index contributed by atoms with van der Waals surface area (Å²) in [5, 5.41) is 10.2. The van der Waals surface area contributed by atoms with E-state index < -0.39 is 5.91 Å². The fourth-order valence-corrected chi connectivity index (χ4v) is 1.83. The Hall–Kier alpha value is -2.37.